The fraction of sp³-hybridized carbons (Fsp3) is 0.444. The molecule has 1 aromatic rings. The molecule has 0 spiro atoms. The third-order valence-electron chi connectivity index (χ3n) is 3.52. The van der Waals surface area contributed by atoms with Gasteiger partial charge in [0.15, 0.2) is 0 Å². The van der Waals surface area contributed by atoms with E-state index in [1.807, 2.05) is 0 Å². The van der Waals surface area contributed by atoms with Gasteiger partial charge < -0.3 is 14.9 Å². The average Bonchev–Trinajstić information content (AvgIpc) is 2.86. The maximum Gasteiger partial charge on any atom is 0.408 e. The Morgan fingerprint density at radius 1 is 1.15 bits per heavy atom. The number of amides is 3. The number of alkyl carbamates (subject to hydrolysis) is 1. The van der Waals surface area contributed by atoms with Crippen LogP contribution in [-0.2, 0) is 30.4 Å². The molecule has 0 aromatic heterocycles. The fourth-order valence-corrected chi connectivity index (χ4v) is 2.31. The molecule has 1 aliphatic rings. The number of carbonyl (C=O) groups is 4. The van der Waals surface area contributed by atoms with E-state index in [2.05, 4.69) is 5.32 Å². The van der Waals surface area contributed by atoms with Gasteiger partial charge in [0.25, 0.3) is 11.8 Å². The van der Waals surface area contributed by atoms with Crippen molar-refractivity contribution < 1.29 is 33.1 Å². The molecule has 1 heterocycles. The zero-order valence-electron chi connectivity index (χ0n) is 15.3. The average molecular weight is 380 g/mol. The summed E-state index contributed by atoms with van der Waals surface area (Å²) in [6, 6.07) is 4.06. The van der Waals surface area contributed by atoms with Gasteiger partial charge >= 0.3 is 12.1 Å². The molecule has 1 unspecified atom stereocenters. The molecular weight excluding hydrogens is 359 g/mol. The second-order valence-corrected chi connectivity index (χ2v) is 7.02. The largest absolute Gasteiger partial charge is 0.444 e. The molecule has 1 atom stereocenters. The maximum atomic E-state index is 13.1. The van der Waals surface area contributed by atoms with Crippen LogP contribution in [0.3, 0.4) is 0 Å². The summed E-state index contributed by atoms with van der Waals surface area (Å²) in [6.45, 7) is 4.96. The van der Waals surface area contributed by atoms with Crippen LogP contribution in [0.15, 0.2) is 24.3 Å². The first kappa shape index (κ1) is 20.3. The van der Waals surface area contributed by atoms with E-state index in [9.17, 15) is 23.6 Å². The van der Waals surface area contributed by atoms with Crippen molar-refractivity contribution in [3.8, 4) is 0 Å². The lowest BCUT2D eigenvalue weighted by atomic mass is 10.1. The van der Waals surface area contributed by atoms with Crippen LogP contribution in [-0.4, -0.2) is 40.6 Å². The van der Waals surface area contributed by atoms with E-state index in [0.717, 1.165) is 0 Å². The zero-order chi connectivity index (χ0) is 20.2. The summed E-state index contributed by atoms with van der Waals surface area (Å²) < 4.78 is 18.2. The summed E-state index contributed by atoms with van der Waals surface area (Å²) in [5.41, 5.74) is -0.261. The molecule has 2 rings (SSSR count). The number of hydroxylamine groups is 2. The maximum absolute atomic E-state index is 13.1. The highest BCUT2D eigenvalue weighted by Crippen LogP contribution is 2.15. The molecule has 1 N–H and O–H groups in total. The molecular formula is C18H21FN2O6. The van der Waals surface area contributed by atoms with Crippen LogP contribution in [0.25, 0.3) is 0 Å². The molecule has 1 aromatic carbocycles. The Labute approximate surface area is 155 Å². The van der Waals surface area contributed by atoms with Crippen molar-refractivity contribution in [2.75, 3.05) is 0 Å². The number of benzene rings is 1. The van der Waals surface area contributed by atoms with Crippen LogP contribution < -0.4 is 5.32 Å². The van der Waals surface area contributed by atoms with Crippen molar-refractivity contribution in [3.63, 3.8) is 0 Å². The molecule has 0 aliphatic carbocycles. The minimum absolute atomic E-state index is 0.0470. The number of hydrogen-bond donors (Lipinski definition) is 1. The summed E-state index contributed by atoms with van der Waals surface area (Å²) >= 11 is 0. The Kier molecular flexibility index (Phi) is 6.14. The summed E-state index contributed by atoms with van der Waals surface area (Å²) in [5, 5.41) is 2.76. The topological polar surface area (TPSA) is 102 Å². The molecule has 1 fully saturated rings. The van der Waals surface area contributed by atoms with Crippen molar-refractivity contribution in [1.82, 2.24) is 10.4 Å². The van der Waals surface area contributed by atoms with E-state index in [0.29, 0.717) is 10.6 Å². The fourth-order valence-electron chi connectivity index (χ4n) is 2.31. The molecule has 0 radical (unpaired) electrons. The van der Waals surface area contributed by atoms with Crippen molar-refractivity contribution >= 4 is 23.9 Å². The second kappa shape index (κ2) is 8.15. The predicted octanol–water partition coefficient (Wildman–Crippen LogP) is 1.87. The minimum atomic E-state index is -1.24. The Bertz CT molecular complexity index is 725. The number of ether oxygens (including phenoxy) is 1. The van der Waals surface area contributed by atoms with Gasteiger partial charge in [0.2, 0.25) is 0 Å². The molecule has 9 heteroatoms. The summed E-state index contributed by atoms with van der Waals surface area (Å²) in [4.78, 5) is 52.6. The normalized spacial score (nSPS) is 15.5. The lowest BCUT2D eigenvalue weighted by Crippen LogP contribution is -2.48. The van der Waals surface area contributed by atoms with Crippen LogP contribution in [0.1, 0.15) is 39.2 Å². The van der Waals surface area contributed by atoms with Crippen LogP contribution in [0.2, 0.25) is 0 Å². The van der Waals surface area contributed by atoms with Gasteiger partial charge in [-0.25, -0.2) is 14.0 Å². The van der Waals surface area contributed by atoms with Crippen molar-refractivity contribution in [2.45, 2.75) is 51.7 Å². The van der Waals surface area contributed by atoms with Gasteiger partial charge in [0.05, 0.1) is 0 Å². The smallest absolute Gasteiger partial charge is 0.408 e. The molecule has 27 heavy (non-hydrogen) atoms. The van der Waals surface area contributed by atoms with Crippen molar-refractivity contribution in [3.05, 3.63) is 35.6 Å². The van der Waals surface area contributed by atoms with Gasteiger partial charge in [0.1, 0.15) is 17.5 Å². The lowest BCUT2D eigenvalue weighted by molar-refractivity contribution is -0.198. The third kappa shape index (κ3) is 6.05. The molecule has 1 saturated heterocycles. The number of carbonyl (C=O) groups excluding carboxylic acids is 4. The van der Waals surface area contributed by atoms with Gasteiger partial charge in [-0.3, -0.25) is 9.59 Å². The number of halogens is 1. The summed E-state index contributed by atoms with van der Waals surface area (Å²) in [7, 11) is 0. The van der Waals surface area contributed by atoms with Crippen LogP contribution in [0.4, 0.5) is 9.18 Å². The van der Waals surface area contributed by atoms with E-state index in [1.54, 1.807) is 20.8 Å². The van der Waals surface area contributed by atoms with Crippen molar-refractivity contribution in [1.29, 1.82) is 0 Å². The summed E-state index contributed by atoms with van der Waals surface area (Å²) in [6.07, 6.45) is -1.01. The highest BCUT2D eigenvalue weighted by Gasteiger charge is 2.35. The van der Waals surface area contributed by atoms with E-state index >= 15 is 0 Å². The summed E-state index contributed by atoms with van der Waals surface area (Å²) in [5.74, 6) is -2.72. The number of nitrogens with zero attached hydrogens (tertiary/aromatic N) is 1. The monoisotopic (exact) mass is 380 g/mol. The van der Waals surface area contributed by atoms with Crippen molar-refractivity contribution in [2.24, 2.45) is 0 Å². The highest BCUT2D eigenvalue weighted by atomic mass is 19.1. The van der Waals surface area contributed by atoms with E-state index < -0.39 is 41.3 Å². The van der Waals surface area contributed by atoms with Crippen LogP contribution >= 0.6 is 0 Å². The first-order valence-electron chi connectivity index (χ1n) is 8.37. The number of rotatable bonds is 5. The third-order valence-corrected chi connectivity index (χ3v) is 3.52. The quantitative estimate of drug-likeness (QED) is 0.783. The van der Waals surface area contributed by atoms with Gasteiger partial charge in [0, 0.05) is 19.3 Å². The first-order valence-corrected chi connectivity index (χ1v) is 8.37. The van der Waals surface area contributed by atoms with Gasteiger partial charge in [-0.15, -0.1) is 5.06 Å². The van der Waals surface area contributed by atoms with E-state index in [4.69, 9.17) is 9.57 Å². The SMILES string of the molecule is CC(C)(C)OC(=O)NC(Cc1ccc(F)cc1)C(=O)ON1C(=O)CCC1=O. The van der Waals surface area contributed by atoms with Gasteiger partial charge in [-0.2, -0.15) is 0 Å². The Hall–Kier alpha value is -2.97. The van der Waals surface area contributed by atoms with E-state index in [1.165, 1.54) is 24.3 Å². The van der Waals surface area contributed by atoms with Crippen LogP contribution in [0, 0.1) is 5.82 Å². The molecule has 0 bridgehead atoms. The highest BCUT2D eigenvalue weighted by molar-refractivity contribution is 6.01. The molecule has 3 amide bonds. The minimum Gasteiger partial charge on any atom is -0.444 e. The molecule has 146 valence electrons. The number of imide groups is 1. The van der Waals surface area contributed by atoms with Gasteiger partial charge in [-0.1, -0.05) is 12.1 Å². The number of nitrogens with one attached hydrogen (secondary N) is 1. The zero-order valence-corrected chi connectivity index (χ0v) is 15.3. The predicted molar refractivity (Wildman–Crippen MR) is 90.4 cm³/mol. The first-order chi connectivity index (χ1) is 12.5. The second-order valence-electron chi connectivity index (χ2n) is 7.02. The van der Waals surface area contributed by atoms with Crippen LogP contribution in [0.5, 0.6) is 0 Å². The lowest BCUT2D eigenvalue weighted by Gasteiger charge is -2.23. The molecule has 1 aliphatic heterocycles. The number of hydrogen-bond acceptors (Lipinski definition) is 6. The standard InChI is InChI=1S/C18H21FN2O6/c1-18(2,3)26-17(25)20-13(10-11-4-6-12(19)7-5-11)16(24)27-21-14(22)8-9-15(21)23/h4-7,13H,8-10H2,1-3H3,(H,20,25). The Morgan fingerprint density at radius 3 is 2.22 bits per heavy atom. The van der Waals surface area contributed by atoms with Gasteiger partial charge in [-0.05, 0) is 38.5 Å². The Morgan fingerprint density at radius 2 is 1.70 bits per heavy atom. The Balaban J connectivity index is 2.13. The molecule has 8 nitrogen and oxygen atoms in total. The van der Waals surface area contributed by atoms with E-state index in [-0.39, 0.29) is 19.3 Å². The molecule has 0 saturated carbocycles.